The molecule has 1 fully saturated rings. The molecule has 1 aromatic carbocycles. The highest BCUT2D eigenvalue weighted by Gasteiger charge is 2.58. The Hall–Kier alpha value is -3.57. The van der Waals surface area contributed by atoms with Crippen molar-refractivity contribution in [2.24, 2.45) is 5.92 Å². The van der Waals surface area contributed by atoms with Crippen molar-refractivity contribution in [3.63, 3.8) is 0 Å². The van der Waals surface area contributed by atoms with Gasteiger partial charge in [0.05, 0.1) is 20.3 Å². The lowest BCUT2D eigenvalue weighted by atomic mass is 9.92. The Kier molecular flexibility index (Phi) is 8.18. The van der Waals surface area contributed by atoms with E-state index in [1.807, 2.05) is 25.0 Å². The van der Waals surface area contributed by atoms with E-state index in [1.54, 1.807) is 6.07 Å². The number of esters is 1. The summed E-state index contributed by atoms with van der Waals surface area (Å²) in [6.45, 7) is -0.790. The molecule has 1 unspecified atom stereocenters. The third-order valence-corrected chi connectivity index (χ3v) is 8.36. The standard InChI is InChI=1S/C27H35N6O8P/c1-4-18(5-2)13-38-26(36)17(3)32-42(37,41-19-9-7-6-8-10-19)39-14-21-23(34)24(35)27(15-28,40-21)22-12-11-20-25(29)30-16-31-33(20)22/h6-12,16-18,21,23-24,34-35H,4-5,13-14H2,1-3H3,(H,32,37)(H2,29,30,31)/t17-,21+,23+,24+,27-,42?/m0/s1/i3D3,17D. The molecule has 3 aromatic rings. The van der Waals surface area contributed by atoms with Crippen molar-refractivity contribution in [2.75, 3.05) is 18.9 Å². The highest BCUT2D eigenvalue weighted by molar-refractivity contribution is 7.52. The molecule has 1 saturated heterocycles. The monoisotopic (exact) mass is 606 g/mol. The molecule has 5 N–H and O–H groups in total. The van der Waals surface area contributed by atoms with Crippen molar-refractivity contribution in [1.29, 1.82) is 5.26 Å². The number of benzene rings is 1. The summed E-state index contributed by atoms with van der Waals surface area (Å²) >= 11 is 0. The van der Waals surface area contributed by atoms with E-state index in [-0.39, 0.29) is 35.3 Å². The number of ether oxygens (including phenoxy) is 2. The van der Waals surface area contributed by atoms with Crippen LogP contribution in [0, 0.1) is 17.2 Å². The van der Waals surface area contributed by atoms with E-state index in [9.17, 15) is 24.8 Å². The topological polar surface area (TPSA) is 204 Å². The number of nitrogen functional groups attached to an aromatic ring is 1. The van der Waals surface area contributed by atoms with Crippen molar-refractivity contribution in [1.82, 2.24) is 19.7 Å². The van der Waals surface area contributed by atoms with Gasteiger partial charge >= 0.3 is 13.7 Å². The van der Waals surface area contributed by atoms with Gasteiger partial charge < -0.3 is 29.9 Å². The van der Waals surface area contributed by atoms with Crippen LogP contribution in [0.1, 0.15) is 44.7 Å². The number of nitrogens with two attached hydrogens (primary N) is 1. The summed E-state index contributed by atoms with van der Waals surface area (Å²) in [5.74, 6) is -1.68. The number of nitrogens with one attached hydrogen (secondary N) is 1. The Balaban J connectivity index is 1.64. The van der Waals surface area contributed by atoms with Gasteiger partial charge in [-0.1, -0.05) is 44.9 Å². The van der Waals surface area contributed by atoms with Crippen LogP contribution < -0.4 is 15.3 Å². The van der Waals surface area contributed by atoms with E-state index in [0.717, 1.165) is 6.33 Å². The van der Waals surface area contributed by atoms with Gasteiger partial charge in [-0.05, 0) is 37.0 Å². The summed E-state index contributed by atoms with van der Waals surface area (Å²) in [6.07, 6.45) is -2.92. The molecule has 42 heavy (non-hydrogen) atoms. The summed E-state index contributed by atoms with van der Waals surface area (Å²) in [6, 6.07) is 8.76. The lowest BCUT2D eigenvalue weighted by molar-refractivity contribution is -0.146. The fourth-order valence-electron chi connectivity index (χ4n) is 4.40. The number of fused-ring (bicyclic) bond motifs is 1. The second-order valence-corrected chi connectivity index (χ2v) is 11.2. The van der Waals surface area contributed by atoms with Gasteiger partial charge in [0.25, 0.3) is 0 Å². The van der Waals surface area contributed by atoms with E-state index in [1.165, 1.54) is 40.9 Å². The second-order valence-electron chi connectivity index (χ2n) is 9.57. The summed E-state index contributed by atoms with van der Waals surface area (Å²) in [4.78, 5) is 17.0. The Bertz CT molecular complexity index is 1620. The summed E-state index contributed by atoms with van der Waals surface area (Å²) < 4.78 is 69.8. The minimum Gasteiger partial charge on any atom is -0.464 e. The molecule has 6 atom stereocenters. The number of carbonyl (C=O) groups is 1. The summed E-state index contributed by atoms with van der Waals surface area (Å²) in [5.41, 5.74) is 3.93. The molecule has 3 heterocycles. The largest absolute Gasteiger partial charge is 0.464 e. The molecular weight excluding hydrogens is 567 g/mol. The molecule has 14 nitrogen and oxygen atoms in total. The first-order chi connectivity index (χ1) is 21.6. The number of nitrogens with zero attached hydrogens (tertiary/aromatic N) is 4. The Morgan fingerprint density at radius 1 is 1.33 bits per heavy atom. The highest BCUT2D eigenvalue weighted by Crippen LogP contribution is 2.47. The number of carbonyl (C=O) groups excluding carboxylic acids is 1. The summed E-state index contributed by atoms with van der Waals surface area (Å²) in [5, 5.41) is 38.1. The second kappa shape index (κ2) is 13.2. The predicted octanol–water partition coefficient (Wildman–Crippen LogP) is 2.31. The van der Waals surface area contributed by atoms with Crippen molar-refractivity contribution in [3.05, 3.63) is 54.5 Å². The maximum atomic E-state index is 14.2. The van der Waals surface area contributed by atoms with Crippen LogP contribution in [0.25, 0.3) is 5.52 Å². The van der Waals surface area contributed by atoms with Gasteiger partial charge in [-0.25, -0.2) is 14.1 Å². The number of aromatic nitrogens is 3. The molecule has 0 aliphatic carbocycles. The molecule has 226 valence electrons. The third-order valence-electron chi connectivity index (χ3n) is 6.92. The van der Waals surface area contributed by atoms with Crippen LogP contribution >= 0.6 is 7.75 Å². The molecular formula is C27H35N6O8P. The molecule has 4 rings (SSSR count). The van der Waals surface area contributed by atoms with E-state index in [0.29, 0.717) is 12.8 Å². The number of aliphatic hydroxyl groups is 2. The SMILES string of the molecule is [2H]C([2H])([2H])[C@]([2H])(NP(=O)(OC[C@H]1O[C@@](C#N)(c2ccc3c(N)ncnn23)[C@H](O)[C@@H]1O)Oc1ccccc1)C(=O)OCC(CC)CC. The number of nitriles is 1. The first-order valence-corrected chi connectivity index (χ1v) is 14.7. The molecule has 1 aliphatic heterocycles. The van der Waals surface area contributed by atoms with Crippen LogP contribution in [0.5, 0.6) is 5.75 Å². The van der Waals surface area contributed by atoms with Gasteiger partial charge in [-0.15, -0.1) is 0 Å². The van der Waals surface area contributed by atoms with Gasteiger partial charge in [0.1, 0.15) is 48.0 Å². The molecule has 1 aliphatic rings. The molecule has 0 radical (unpaired) electrons. The summed E-state index contributed by atoms with van der Waals surface area (Å²) in [7, 11) is -5.03. The number of rotatable bonds is 13. The average molecular weight is 607 g/mol. The number of aliphatic hydroxyl groups excluding tert-OH is 2. The van der Waals surface area contributed by atoms with Crippen LogP contribution in [0.15, 0.2) is 48.8 Å². The van der Waals surface area contributed by atoms with Crippen molar-refractivity contribution in [2.45, 2.75) is 63.5 Å². The first kappa shape index (κ1) is 26.1. The quantitative estimate of drug-likeness (QED) is 0.163. The average Bonchev–Trinajstić information content (AvgIpc) is 3.56. The fraction of sp³-hybridized carbons (Fsp3) is 0.481. The van der Waals surface area contributed by atoms with Crippen molar-refractivity contribution >= 4 is 25.1 Å². The lowest BCUT2D eigenvalue weighted by Crippen LogP contribution is -2.41. The maximum absolute atomic E-state index is 14.2. The van der Waals surface area contributed by atoms with Gasteiger partial charge in [-0.2, -0.15) is 15.4 Å². The fourth-order valence-corrected chi connectivity index (χ4v) is 5.67. The van der Waals surface area contributed by atoms with Gasteiger partial charge in [0, 0.05) is 4.11 Å². The first-order valence-electron chi connectivity index (χ1n) is 15.1. The number of anilines is 1. The molecule has 2 aromatic heterocycles. The number of hydrogen-bond donors (Lipinski definition) is 4. The Labute approximate surface area is 248 Å². The minimum atomic E-state index is -5.03. The smallest absolute Gasteiger partial charge is 0.459 e. The van der Waals surface area contributed by atoms with Crippen LogP contribution in [0.2, 0.25) is 0 Å². The van der Waals surface area contributed by atoms with E-state index < -0.39 is 57.1 Å². The molecule has 0 bridgehead atoms. The third kappa shape index (κ3) is 6.42. The minimum absolute atomic E-state index is 0.0113. The van der Waals surface area contributed by atoms with Crippen LogP contribution in [-0.2, 0) is 29.0 Å². The van der Waals surface area contributed by atoms with Crippen LogP contribution in [-0.4, -0.2) is 68.3 Å². The molecule has 0 amide bonds. The lowest BCUT2D eigenvalue weighted by Gasteiger charge is -2.25. The zero-order valence-electron chi connectivity index (χ0n) is 26.9. The molecule has 0 saturated carbocycles. The van der Waals surface area contributed by atoms with Crippen LogP contribution in [0.4, 0.5) is 5.82 Å². The zero-order chi connectivity index (χ0) is 33.9. The van der Waals surface area contributed by atoms with Gasteiger partial charge in [0.2, 0.25) is 5.60 Å². The predicted molar refractivity (Wildman–Crippen MR) is 150 cm³/mol. The van der Waals surface area contributed by atoms with Gasteiger partial charge in [0.15, 0.2) is 5.82 Å². The normalized spacial score (nSPS) is 26.7. The Morgan fingerprint density at radius 3 is 2.74 bits per heavy atom. The molecule has 0 spiro atoms. The van der Waals surface area contributed by atoms with Crippen molar-refractivity contribution < 1.29 is 43.6 Å². The number of para-hydroxylation sites is 1. The zero-order valence-corrected chi connectivity index (χ0v) is 23.8. The molecule has 15 heteroatoms. The van der Waals surface area contributed by atoms with Crippen molar-refractivity contribution in [3.8, 4) is 11.8 Å². The highest BCUT2D eigenvalue weighted by atomic mass is 31.2. The van der Waals surface area contributed by atoms with E-state index >= 15 is 0 Å². The van der Waals surface area contributed by atoms with E-state index in [4.69, 9.17) is 29.7 Å². The van der Waals surface area contributed by atoms with Crippen LogP contribution in [0.3, 0.4) is 0 Å². The van der Waals surface area contributed by atoms with Gasteiger partial charge in [-0.3, -0.25) is 9.32 Å². The maximum Gasteiger partial charge on any atom is 0.459 e. The Morgan fingerprint density at radius 2 is 2.07 bits per heavy atom. The van der Waals surface area contributed by atoms with E-state index in [2.05, 4.69) is 10.1 Å². The number of hydrogen-bond acceptors (Lipinski definition) is 12.